The Labute approximate surface area is 255 Å². The number of nitro benzene ring substituents is 1. The maximum absolute atomic E-state index is 14.3. The summed E-state index contributed by atoms with van der Waals surface area (Å²) in [7, 11) is 0. The minimum atomic E-state index is -1.24. The third-order valence-corrected chi connectivity index (χ3v) is 7.72. The topological polar surface area (TPSA) is 108 Å². The summed E-state index contributed by atoms with van der Waals surface area (Å²) in [4.78, 5) is 37.5. The van der Waals surface area contributed by atoms with Gasteiger partial charge in [0.25, 0.3) is 5.69 Å². The van der Waals surface area contributed by atoms with Gasteiger partial charge in [-0.3, -0.25) is 10.1 Å². The lowest BCUT2D eigenvalue weighted by atomic mass is 9.85. The number of nitrogens with zero attached hydrogens (tertiary/aromatic N) is 2. The molecule has 0 bridgehead atoms. The highest BCUT2D eigenvalue weighted by atomic mass is 19.1. The summed E-state index contributed by atoms with van der Waals surface area (Å²) in [6.45, 7) is 1.85. The predicted octanol–water partition coefficient (Wildman–Crippen LogP) is 8.08. The number of rotatable bonds is 9. The van der Waals surface area contributed by atoms with Gasteiger partial charge in [-0.1, -0.05) is 36.4 Å². The first kappa shape index (κ1) is 31.0. The molecule has 0 N–H and O–H groups in total. The molecule has 2 atom stereocenters. The normalized spacial score (nSPS) is 16.9. The monoisotopic (exact) mass is 620 g/mol. The molecule has 5 rings (SSSR count). The second-order valence-electron chi connectivity index (χ2n) is 10.4. The van der Waals surface area contributed by atoms with Crippen molar-refractivity contribution in [2.24, 2.45) is 0 Å². The Morgan fingerprint density at radius 3 is 2.27 bits per heavy atom. The first-order valence-corrected chi connectivity index (χ1v) is 13.9. The molecule has 45 heavy (non-hydrogen) atoms. The molecule has 1 saturated heterocycles. The van der Waals surface area contributed by atoms with Crippen LogP contribution in [0.1, 0.15) is 36.9 Å². The van der Waals surface area contributed by atoms with Crippen LogP contribution in [0.25, 0.3) is 11.1 Å². The molecular formula is C33H27F3N2O7. The van der Waals surface area contributed by atoms with Gasteiger partial charge in [0.15, 0.2) is 0 Å². The molecule has 0 aliphatic carbocycles. The number of cyclic esters (lactones) is 1. The van der Waals surface area contributed by atoms with Crippen molar-refractivity contribution in [1.82, 2.24) is 4.90 Å². The van der Waals surface area contributed by atoms with E-state index in [0.29, 0.717) is 11.1 Å². The van der Waals surface area contributed by atoms with Crippen molar-refractivity contribution >= 4 is 17.9 Å². The van der Waals surface area contributed by atoms with Gasteiger partial charge in [-0.25, -0.2) is 22.8 Å². The van der Waals surface area contributed by atoms with Crippen LogP contribution in [0.5, 0.6) is 5.75 Å². The quantitative estimate of drug-likeness (QED) is 0.0806. The van der Waals surface area contributed by atoms with Crippen molar-refractivity contribution in [1.29, 1.82) is 0 Å². The smallest absolute Gasteiger partial charge is 0.438 e. The van der Waals surface area contributed by atoms with Gasteiger partial charge < -0.3 is 19.1 Å². The number of halogens is 3. The van der Waals surface area contributed by atoms with Crippen molar-refractivity contribution in [2.45, 2.75) is 31.4 Å². The molecule has 0 aromatic heterocycles. The Morgan fingerprint density at radius 1 is 0.978 bits per heavy atom. The number of hydrogen-bond donors (Lipinski definition) is 0. The molecule has 9 nitrogen and oxygen atoms in total. The molecule has 0 radical (unpaired) electrons. The summed E-state index contributed by atoms with van der Waals surface area (Å²) in [6, 6.07) is 20.2. The van der Waals surface area contributed by atoms with E-state index in [1.807, 2.05) is 6.92 Å². The van der Waals surface area contributed by atoms with Gasteiger partial charge in [0.2, 0.25) is 0 Å². The van der Waals surface area contributed by atoms with Crippen LogP contribution in [-0.4, -0.2) is 35.2 Å². The van der Waals surface area contributed by atoms with E-state index < -0.39 is 46.3 Å². The van der Waals surface area contributed by atoms with Gasteiger partial charge in [-0.2, -0.15) is 0 Å². The van der Waals surface area contributed by atoms with Crippen LogP contribution >= 0.6 is 0 Å². The highest BCUT2D eigenvalue weighted by Gasteiger charge is 2.43. The summed E-state index contributed by atoms with van der Waals surface area (Å²) in [5.74, 6) is -1.78. The number of non-ortho nitro benzene ring substituents is 1. The number of nitro groups is 1. The number of ether oxygens (including phenoxy) is 3. The van der Waals surface area contributed by atoms with E-state index in [1.54, 1.807) is 24.3 Å². The van der Waals surface area contributed by atoms with Crippen LogP contribution in [0.15, 0.2) is 91.0 Å². The molecule has 1 aliphatic rings. The van der Waals surface area contributed by atoms with Crippen LogP contribution in [0.2, 0.25) is 0 Å². The summed E-state index contributed by atoms with van der Waals surface area (Å²) in [5.41, 5.74) is 0.658. The van der Waals surface area contributed by atoms with E-state index >= 15 is 0 Å². The zero-order valence-electron chi connectivity index (χ0n) is 24.0. The molecule has 4 aromatic rings. The van der Waals surface area contributed by atoms with Crippen LogP contribution in [0.3, 0.4) is 0 Å². The molecule has 1 unspecified atom stereocenters. The first-order chi connectivity index (χ1) is 21.5. The molecule has 232 valence electrons. The number of benzene rings is 4. The van der Waals surface area contributed by atoms with Crippen molar-refractivity contribution in [3.8, 4) is 16.9 Å². The Morgan fingerprint density at radius 2 is 1.64 bits per heavy atom. The van der Waals surface area contributed by atoms with E-state index in [1.165, 1.54) is 65.6 Å². The van der Waals surface area contributed by atoms with Gasteiger partial charge in [-0.15, -0.1) is 0 Å². The van der Waals surface area contributed by atoms with E-state index in [2.05, 4.69) is 0 Å². The van der Waals surface area contributed by atoms with Crippen molar-refractivity contribution in [3.05, 3.63) is 130 Å². The molecule has 0 saturated carbocycles. The molecule has 1 heterocycles. The lowest BCUT2D eigenvalue weighted by Gasteiger charge is -2.43. The summed E-state index contributed by atoms with van der Waals surface area (Å²) in [5, 5.41) is 10.8. The second-order valence-corrected chi connectivity index (χ2v) is 10.4. The highest BCUT2D eigenvalue weighted by Crippen LogP contribution is 2.40. The van der Waals surface area contributed by atoms with Gasteiger partial charge in [0.1, 0.15) is 28.8 Å². The fourth-order valence-corrected chi connectivity index (χ4v) is 5.20. The van der Waals surface area contributed by atoms with E-state index in [-0.39, 0.29) is 43.0 Å². The second kappa shape index (κ2) is 13.1. The molecule has 1 amide bonds. The number of amides is 1. The lowest BCUT2D eigenvalue weighted by Crippen LogP contribution is -2.49. The van der Waals surface area contributed by atoms with Crippen LogP contribution in [0, 0.1) is 27.6 Å². The van der Waals surface area contributed by atoms with Crippen molar-refractivity contribution in [2.75, 3.05) is 13.2 Å². The predicted molar refractivity (Wildman–Crippen MR) is 156 cm³/mol. The zero-order chi connectivity index (χ0) is 32.1. The van der Waals surface area contributed by atoms with E-state index in [0.717, 1.165) is 11.6 Å². The molecule has 4 aromatic carbocycles. The third kappa shape index (κ3) is 7.06. The van der Waals surface area contributed by atoms with Crippen molar-refractivity contribution in [3.63, 3.8) is 0 Å². The number of hydrogen-bond acceptors (Lipinski definition) is 7. The fraction of sp³-hybridized carbons (Fsp3) is 0.212. The fourth-order valence-electron chi connectivity index (χ4n) is 5.20. The maximum atomic E-state index is 14.3. The third-order valence-electron chi connectivity index (χ3n) is 7.72. The molecule has 1 aliphatic heterocycles. The van der Waals surface area contributed by atoms with Gasteiger partial charge in [-0.05, 0) is 60.0 Å². The minimum Gasteiger partial charge on any atom is -0.438 e. The number of carbonyl (C=O) groups excluding carboxylic acids is 2. The molecule has 0 spiro atoms. The summed E-state index contributed by atoms with van der Waals surface area (Å²) >= 11 is 0. The molecule has 12 heteroatoms. The van der Waals surface area contributed by atoms with Gasteiger partial charge in [0.05, 0.1) is 17.6 Å². The number of carbonyl (C=O) groups is 2. The molecule has 1 fully saturated rings. The standard InChI is InChI=1S/C33H27F3N2O7/c1-21(22-2-4-23(5-3-22)29-15-10-26(35)20-30(29)36)37-18-16-33(45-31(37)39,24-6-8-25(34)9-7-24)17-19-43-32(40)44-28-13-11-27(12-14-28)38(41)42/h2-15,20-21H,16-19H2,1H3/t21-,33?/m0/s1. The first-order valence-electron chi connectivity index (χ1n) is 13.9. The average molecular weight is 621 g/mol. The van der Waals surface area contributed by atoms with Crippen LogP contribution in [0.4, 0.5) is 28.4 Å². The Hall–Kier alpha value is -5.39. The lowest BCUT2D eigenvalue weighted by molar-refractivity contribution is -0.384. The summed E-state index contributed by atoms with van der Waals surface area (Å²) < 4.78 is 57.6. The Balaban J connectivity index is 1.26. The van der Waals surface area contributed by atoms with Gasteiger partial charge >= 0.3 is 12.2 Å². The van der Waals surface area contributed by atoms with E-state index in [4.69, 9.17) is 14.2 Å². The van der Waals surface area contributed by atoms with Crippen LogP contribution in [-0.2, 0) is 15.1 Å². The highest BCUT2D eigenvalue weighted by molar-refractivity contribution is 5.71. The maximum Gasteiger partial charge on any atom is 0.513 e. The Bertz CT molecular complexity index is 1700. The zero-order valence-corrected chi connectivity index (χ0v) is 24.0. The SMILES string of the molecule is C[C@@H](c1ccc(-c2ccc(F)cc2F)cc1)N1CCC(CCOC(=O)Oc2ccc([N+](=O)[O-])cc2)(c2ccc(F)cc2)OC1=O. The largest absolute Gasteiger partial charge is 0.513 e. The average Bonchev–Trinajstić information content (AvgIpc) is 3.01. The van der Waals surface area contributed by atoms with Crippen LogP contribution < -0.4 is 4.74 Å². The molecular weight excluding hydrogens is 593 g/mol. The summed E-state index contributed by atoms with van der Waals surface area (Å²) in [6.07, 6.45) is -1.37. The van der Waals surface area contributed by atoms with E-state index in [9.17, 15) is 32.9 Å². The minimum absolute atomic E-state index is 0.0416. The van der Waals surface area contributed by atoms with Gasteiger partial charge in [0, 0.05) is 43.1 Å². The Kier molecular flexibility index (Phi) is 9.03. The van der Waals surface area contributed by atoms with Crippen molar-refractivity contribution < 1.29 is 41.9 Å².